The number of hydrogen-bond acceptors (Lipinski definition) is 5. The highest BCUT2D eigenvalue weighted by atomic mass is 32.2. The van der Waals surface area contributed by atoms with Crippen LogP contribution in [0.1, 0.15) is 54.5 Å². The molecule has 3 aromatic carbocycles. The molecule has 0 saturated carbocycles. The predicted octanol–water partition coefficient (Wildman–Crippen LogP) is 5.35. The second-order valence-electron chi connectivity index (χ2n) is 9.63. The lowest BCUT2D eigenvalue weighted by Crippen LogP contribution is -2.42. The maximum absolute atomic E-state index is 13.8. The van der Waals surface area contributed by atoms with Gasteiger partial charge in [0.25, 0.3) is 10.0 Å². The van der Waals surface area contributed by atoms with Crippen LogP contribution in [0.3, 0.4) is 0 Å². The van der Waals surface area contributed by atoms with Crippen molar-refractivity contribution in [3.8, 4) is 11.5 Å². The summed E-state index contributed by atoms with van der Waals surface area (Å²) < 4.78 is 39.4. The summed E-state index contributed by atoms with van der Waals surface area (Å²) in [5, 5.41) is 3.07. The van der Waals surface area contributed by atoms with E-state index in [0.29, 0.717) is 23.6 Å². The third kappa shape index (κ3) is 5.96. The van der Waals surface area contributed by atoms with Gasteiger partial charge in [-0.1, -0.05) is 42.8 Å². The minimum Gasteiger partial charge on any atom is -0.493 e. The third-order valence-electron chi connectivity index (χ3n) is 7.07. The number of carbonyl (C=O) groups is 1. The Labute approximate surface area is 225 Å². The fraction of sp³-hybridized carbons (Fsp3) is 0.367. The van der Waals surface area contributed by atoms with E-state index in [4.69, 9.17) is 9.47 Å². The van der Waals surface area contributed by atoms with Gasteiger partial charge < -0.3 is 14.8 Å². The second-order valence-corrected chi connectivity index (χ2v) is 11.5. The monoisotopic (exact) mass is 536 g/mol. The Kier molecular flexibility index (Phi) is 8.62. The molecule has 7 nitrogen and oxygen atoms in total. The number of nitrogens with zero attached hydrogens (tertiary/aromatic N) is 1. The SMILES string of the molecule is CC[C@H](NC(=O)CN(c1ccc(OC)c(OC)c1)S(=O)(=O)c1ccc(C)cc1)c1ccc2c(c1)CCCC2. The minimum absolute atomic E-state index is 0.104. The highest BCUT2D eigenvalue weighted by molar-refractivity contribution is 7.92. The molecular weight excluding hydrogens is 500 g/mol. The zero-order chi connectivity index (χ0) is 27.3. The summed E-state index contributed by atoms with van der Waals surface area (Å²) in [5.41, 5.74) is 5.01. The fourth-order valence-corrected chi connectivity index (χ4v) is 6.31. The zero-order valence-electron chi connectivity index (χ0n) is 22.5. The number of anilines is 1. The quantitative estimate of drug-likeness (QED) is 0.377. The number of sulfonamides is 1. The Hall–Kier alpha value is -3.52. The van der Waals surface area contributed by atoms with E-state index in [1.165, 1.54) is 38.2 Å². The zero-order valence-corrected chi connectivity index (χ0v) is 23.3. The highest BCUT2D eigenvalue weighted by Crippen LogP contribution is 2.34. The number of hydrogen-bond donors (Lipinski definition) is 1. The molecular formula is C30H36N2O5S. The summed E-state index contributed by atoms with van der Waals surface area (Å²) in [6.45, 7) is 3.52. The molecule has 0 saturated heterocycles. The van der Waals surface area contributed by atoms with E-state index in [-0.39, 0.29) is 23.4 Å². The lowest BCUT2D eigenvalue weighted by molar-refractivity contribution is -0.120. The van der Waals surface area contributed by atoms with Gasteiger partial charge in [0.15, 0.2) is 11.5 Å². The van der Waals surface area contributed by atoms with Crippen LogP contribution in [0.15, 0.2) is 65.6 Å². The minimum atomic E-state index is -4.05. The summed E-state index contributed by atoms with van der Waals surface area (Å²) in [4.78, 5) is 13.5. The number of carbonyl (C=O) groups excluding carboxylic acids is 1. The summed E-state index contributed by atoms with van der Waals surface area (Å²) in [5.74, 6) is 0.446. The first-order valence-electron chi connectivity index (χ1n) is 13.0. The van der Waals surface area contributed by atoms with Crippen molar-refractivity contribution < 1.29 is 22.7 Å². The number of aryl methyl sites for hydroxylation is 3. The number of ether oxygens (including phenoxy) is 2. The second kappa shape index (κ2) is 11.9. The smallest absolute Gasteiger partial charge is 0.264 e. The van der Waals surface area contributed by atoms with Crippen molar-refractivity contribution in [1.82, 2.24) is 5.32 Å². The van der Waals surface area contributed by atoms with Crippen molar-refractivity contribution in [1.29, 1.82) is 0 Å². The summed E-state index contributed by atoms with van der Waals surface area (Å²) in [6.07, 6.45) is 5.22. The molecule has 1 aliphatic rings. The fourth-order valence-electron chi connectivity index (χ4n) is 4.89. The summed E-state index contributed by atoms with van der Waals surface area (Å²) in [7, 11) is -1.06. The number of nitrogens with one attached hydrogen (secondary N) is 1. The average Bonchev–Trinajstić information content (AvgIpc) is 2.94. The van der Waals surface area contributed by atoms with Crippen LogP contribution in [-0.4, -0.2) is 35.1 Å². The Morgan fingerprint density at radius 3 is 2.26 bits per heavy atom. The number of rotatable bonds is 10. The number of fused-ring (bicyclic) bond motifs is 1. The van der Waals surface area contributed by atoms with Crippen LogP contribution in [0.4, 0.5) is 5.69 Å². The van der Waals surface area contributed by atoms with Crippen molar-refractivity contribution in [3.63, 3.8) is 0 Å². The van der Waals surface area contributed by atoms with Crippen LogP contribution in [0.5, 0.6) is 11.5 Å². The van der Waals surface area contributed by atoms with Gasteiger partial charge in [-0.2, -0.15) is 0 Å². The molecule has 0 aliphatic heterocycles. The van der Waals surface area contributed by atoms with Gasteiger partial charge in [0, 0.05) is 6.07 Å². The topological polar surface area (TPSA) is 84.9 Å². The molecule has 0 unspecified atom stereocenters. The van der Waals surface area contributed by atoms with Crippen molar-refractivity contribution in [2.24, 2.45) is 0 Å². The van der Waals surface area contributed by atoms with Gasteiger partial charge in [0.2, 0.25) is 5.91 Å². The van der Waals surface area contributed by atoms with Gasteiger partial charge >= 0.3 is 0 Å². The molecule has 0 bridgehead atoms. The van der Waals surface area contributed by atoms with Gasteiger partial charge in [0.05, 0.1) is 30.8 Å². The van der Waals surface area contributed by atoms with E-state index in [9.17, 15) is 13.2 Å². The molecule has 0 radical (unpaired) electrons. The normalized spacial score (nSPS) is 13.8. The van der Waals surface area contributed by atoms with Crippen molar-refractivity contribution in [2.45, 2.75) is 56.9 Å². The summed E-state index contributed by atoms with van der Waals surface area (Å²) >= 11 is 0. The molecule has 0 heterocycles. The lowest BCUT2D eigenvalue weighted by Gasteiger charge is -2.27. The van der Waals surface area contributed by atoms with E-state index < -0.39 is 10.0 Å². The highest BCUT2D eigenvalue weighted by Gasteiger charge is 2.29. The molecule has 1 amide bonds. The largest absolute Gasteiger partial charge is 0.493 e. The predicted molar refractivity (Wildman–Crippen MR) is 150 cm³/mol. The van der Waals surface area contributed by atoms with E-state index in [0.717, 1.165) is 28.3 Å². The molecule has 8 heteroatoms. The lowest BCUT2D eigenvalue weighted by atomic mass is 9.89. The van der Waals surface area contributed by atoms with Gasteiger partial charge in [-0.15, -0.1) is 0 Å². The van der Waals surface area contributed by atoms with Gasteiger partial charge in [0.1, 0.15) is 6.54 Å². The van der Waals surface area contributed by atoms with Crippen LogP contribution in [-0.2, 0) is 27.7 Å². The molecule has 0 fully saturated rings. The first-order valence-corrected chi connectivity index (χ1v) is 14.4. The van der Waals surface area contributed by atoms with E-state index in [1.807, 2.05) is 13.8 Å². The molecule has 1 N–H and O–H groups in total. The van der Waals surface area contributed by atoms with Crippen molar-refractivity contribution >= 4 is 21.6 Å². The molecule has 1 atom stereocenters. The Bertz CT molecular complexity index is 1390. The van der Waals surface area contributed by atoms with Crippen LogP contribution < -0.4 is 19.1 Å². The van der Waals surface area contributed by atoms with E-state index in [2.05, 4.69) is 23.5 Å². The Morgan fingerprint density at radius 1 is 0.921 bits per heavy atom. The average molecular weight is 537 g/mol. The molecule has 4 rings (SSSR count). The van der Waals surface area contributed by atoms with Crippen molar-refractivity contribution in [2.75, 3.05) is 25.1 Å². The van der Waals surface area contributed by atoms with Crippen LogP contribution in [0, 0.1) is 6.92 Å². The van der Waals surface area contributed by atoms with Crippen LogP contribution >= 0.6 is 0 Å². The number of methoxy groups -OCH3 is 2. The molecule has 0 spiro atoms. The number of benzene rings is 3. The molecule has 38 heavy (non-hydrogen) atoms. The van der Waals surface area contributed by atoms with Crippen LogP contribution in [0.2, 0.25) is 0 Å². The molecule has 3 aromatic rings. The maximum Gasteiger partial charge on any atom is 0.264 e. The molecule has 202 valence electrons. The number of amides is 1. The third-order valence-corrected chi connectivity index (χ3v) is 8.86. The summed E-state index contributed by atoms with van der Waals surface area (Å²) in [6, 6.07) is 17.6. The van der Waals surface area contributed by atoms with Crippen LogP contribution in [0.25, 0.3) is 0 Å². The first-order chi connectivity index (χ1) is 18.3. The van der Waals surface area contributed by atoms with Gasteiger partial charge in [-0.25, -0.2) is 8.42 Å². The molecule has 0 aromatic heterocycles. The standard InChI is InChI=1S/C30H36N2O5S/c1-5-27(24-13-12-22-8-6-7-9-23(22)18-24)31-30(33)20-32(25-14-17-28(36-3)29(19-25)37-4)38(34,35)26-15-10-21(2)11-16-26/h10-19,27H,5-9,20H2,1-4H3,(H,31,33)/t27-/m0/s1. The van der Waals surface area contributed by atoms with E-state index in [1.54, 1.807) is 42.5 Å². The van der Waals surface area contributed by atoms with Gasteiger partial charge in [-0.3, -0.25) is 9.10 Å². The van der Waals surface area contributed by atoms with Crippen molar-refractivity contribution in [3.05, 3.63) is 82.9 Å². The maximum atomic E-state index is 13.8. The first kappa shape index (κ1) is 27.5. The molecule has 1 aliphatic carbocycles. The Balaban J connectivity index is 1.64. The Morgan fingerprint density at radius 2 is 1.61 bits per heavy atom. The van der Waals surface area contributed by atoms with E-state index >= 15 is 0 Å². The van der Waals surface area contributed by atoms with Gasteiger partial charge in [-0.05, 0) is 80.0 Å².